The number of nitrogens with zero attached hydrogens (tertiary/aromatic N) is 3. The fourth-order valence-electron chi connectivity index (χ4n) is 7.37. The van der Waals surface area contributed by atoms with Crippen LogP contribution in [0.25, 0.3) is 0 Å². The molecule has 54 heavy (non-hydrogen) atoms. The summed E-state index contributed by atoms with van der Waals surface area (Å²) in [6.07, 6.45) is 5.76. The molecule has 0 bridgehead atoms. The van der Waals surface area contributed by atoms with Gasteiger partial charge in [0.1, 0.15) is 30.6 Å². The van der Waals surface area contributed by atoms with Gasteiger partial charge in [-0.25, -0.2) is 4.98 Å². The van der Waals surface area contributed by atoms with Gasteiger partial charge in [-0.2, -0.15) is 0 Å². The molecule has 294 valence electrons. The average molecular weight is 750 g/mol. The Kier molecular flexibility index (Phi) is 15.2. The molecule has 15 heteroatoms. The SMILES string of the molecule is CCC[C@@H](NC(=O)[C@@H]1[C@H]2CC[C@@H](OCOC)[C@H]2CN1C(=O)[C@@H](NC(=O)[C@@H](NC(=O)c1cnccn1)C(C)C)C(C)C)C(=O)C(=O)N[C@@H](C)c1ccccc1. The van der Waals surface area contributed by atoms with Gasteiger partial charge in [0.25, 0.3) is 11.8 Å². The zero-order valence-electron chi connectivity index (χ0n) is 32.2. The van der Waals surface area contributed by atoms with E-state index in [1.807, 2.05) is 37.3 Å². The van der Waals surface area contributed by atoms with Crippen LogP contribution >= 0.6 is 0 Å². The van der Waals surface area contributed by atoms with Gasteiger partial charge in [-0.15, -0.1) is 0 Å². The van der Waals surface area contributed by atoms with Gasteiger partial charge in [0.05, 0.1) is 24.4 Å². The Hall–Kier alpha value is -4.76. The first-order valence-electron chi connectivity index (χ1n) is 18.8. The number of hydrogen-bond donors (Lipinski definition) is 4. The van der Waals surface area contributed by atoms with Crippen molar-refractivity contribution in [3.05, 3.63) is 60.2 Å². The van der Waals surface area contributed by atoms with E-state index in [4.69, 9.17) is 9.47 Å². The molecule has 8 atom stereocenters. The summed E-state index contributed by atoms with van der Waals surface area (Å²) in [6, 6.07) is 4.62. The second kappa shape index (κ2) is 19.5. The quantitative estimate of drug-likeness (QED) is 0.130. The van der Waals surface area contributed by atoms with Crippen LogP contribution in [0.4, 0.5) is 0 Å². The highest BCUT2D eigenvalue weighted by Crippen LogP contribution is 2.44. The monoisotopic (exact) mass is 749 g/mol. The summed E-state index contributed by atoms with van der Waals surface area (Å²) >= 11 is 0. The largest absolute Gasteiger partial charge is 0.359 e. The summed E-state index contributed by atoms with van der Waals surface area (Å²) in [4.78, 5) is 91.7. The average Bonchev–Trinajstić information content (AvgIpc) is 3.74. The maximum atomic E-state index is 14.6. The third-order valence-electron chi connectivity index (χ3n) is 10.3. The Morgan fingerprint density at radius 1 is 0.870 bits per heavy atom. The number of ketones is 1. The predicted molar refractivity (Wildman–Crippen MR) is 198 cm³/mol. The number of ether oxygens (including phenoxy) is 2. The molecule has 2 heterocycles. The number of methoxy groups -OCH3 is 1. The molecule has 1 aliphatic carbocycles. The topological polar surface area (TPSA) is 198 Å². The van der Waals surface area contributed by atoms with Crippen LogP contribution in [0.3, 0.4) is 0 Å². The second-order valence-corrected chi connectivity index (χ2v) is 14.8. The zero-order valence-corrected chi connectivity index (χ0v) is 32.2. The zero-order chi connectivity index (χ0) is 39.5. The lowest BCUT2D eigenvalue weighted by molar-refractivity contribution is -0.145. The van der Waals surface area contributed by atoms with Crippen LogP contribution in [-0.2, 0) is 33.4 Å². The van der Waals surface area contributed by atoms with E-state index in [0.717, 1.165) is 5.56 Å². The van der Waals surface area contributed by atoms with E-state index in [-0.39, 0.29) is 49.3 Å². The minimum Gasteiger partial charge on any atom is -0.359 e. The third-order valence-corrected chi connectivity index (χ3v) is 10.3. The molecule has 1 saturated heterocycles. The van der Waals surface area contributed by atoms with Crippen LogP contribution in [0, 0.1) is 23.7 Å². The number of carbonyl (C=O) groups excluding carboxylic acids is 6. The minimum absolute atomic E-state index is 0.0400. The fraction of sp³-hybridized carbons (Fsp3) is 0.590. The molecule has 2 aliphatic rings. The normalized spacial score (nSPS) is 21.5. The molecule has 0 unspecified atom stereocenters. The smallest absolute Gasteiger partial charge is 0.290 e. The first-order valence-corrected chi connectivity index (χ1v) is 18.8. The maximum Gasteiger partial charge on any atom is 0.290 e. The van der Waals surface area contributed by atoms with Crippen LogP contribution in [0.2, 0.25) is 0 Å². The Morgan fingerprint density at radius 2 is 1.57 bits per heavy atom. The number of Topliss-reactive ketones (excluding diaryl/α,β-unsaturated/α-hetero) is 1. The van der Waals surface area contributed by atoms with Gasteiger partial charge < -0.3 is 35.6 Å². The van der Waals surface area contributed by atoms with Crippen molar-refractivity contribution in [2.24, 2.45) is 23.7 Å². The van der Waals surface area contributed by atoms with Gasteiger partial charge in [-0.1, -0.05) is 71.4 Å². The van der Waals surface area contributed by atoms with Crippen LogP contribution in [-0.4, -0.2) is 101 Å². The van der Waals surface area contributed by atoms with Crippen molar-refractivity contribution in [3.8, 4) is 0 Å². The van der Waals surface area contributed by atoms with E-state index in [0.29, 0.717) is 19.3 Å². The number of nitrogens with one attached hydrogen (secondary N) is 4. The van der Waals surface area contributed by atoms with Gasteiger partial charge in [0, 0.05) is 32.0 Å². The summed E-state index contributed by atoms with van der Waals surface area (Å²) in [5.41, 5.74) is 0.866. The highest BCUT2D eigenvalue weighted by molar-refractivity contribution is 6.38. The van der Waals surface area contributed by atoms with Crippen LogP contribution in [0.5, 0.6) is 0 Å². The lowest BCUT2D eigenvalue weighted by Gasteiger charge is -2.34. The highest BCUT2D eigenvalue weighted by Gasteiger charge is 2.55. The molecule has 2 aromatic rings. The number of rotatable bonds is 18. The molecule has 2 fully saturated rings. The number of likely N-dealkylation sites (tertiary alicyclic amines) is 1. The molecule has 1 saturated carbocycles. The van der Waals surface area contributed by atoms with E-state index < -0.39 is 71.4 Å². The van der Waals surface area contributed by atoms with E-state index in [1.165, 1.54) is 30.6 Å². The van der Waals surface area contributed by atoms with Crippen LogP contribution in [0.1, 0.15) is 89.3 Å². The minimum atomic E-state index is -1.12. The van der Waals surface area contributed by atoms with Crippen molar-refractivity contribution >= 4 is 35.3 Å². The fourth-order valence-corrected chi connectivity index (χ4v) is 7.37. The molecular formula is C39H55N7O8. The summed E-state index contributed by atoms with van der Waals surface area (Å²) in [5, 5.41) is 11.1. The molecule has 1 aromatic heterocycles. The van der Waals surface area contributed by atoms with E-state index in [2.05, 4.69) is 31.2 Å². The molecule has 0 radical (unpaired) electrons. The van der Waals surface area contributed by atoms with Crippen LogP contribution in [0.15, 0.2) is 48.9 Å². The molecule has 4 N–H and O–H groups in total. The van der Waals surface area contributed by atoms with Crippen molar-refractivity contribution < 1.29 is 38.2 Å². The standard InChI is InChI=1S/C39H55N7O8/c1-8-12-28(34(47)38(51)42-24(6)25-13-10-9-11-14-25)43-37(50)33-26-15-16-30(54-21-53-7)27(26)20-46(33)39(52)32(23(4)5)45-36(49)31(22(2)3)44-35(48)29-19-40-17-18-41-29/h9-11,13-14,17-19,22-24,26-28,30-33H,8,12,15-16,20-21H2,1-7H3,(H,42,51)(H,43,50)(H,44,48)(H,45,49)/t24-,26-,27-,28+,30+,31-,32-,33-/m0/s1. The van der Waals surface area contributed by atoms with Crippen molar-refractivity contribution in [1.82, 2.24) is 36.1 Å². The molecule has 1 aromatic carbocycles. The molecule has 15 nitrogen and oxygen atoms in total. The second-order valence-electron chi connectivity index (χ2n) is 14.8. The number of hydrogen-bond acceptors (Lipinski definition) is 10. The molecule has 0 spiro atoms. The number of amides is 5. The lowest BCUT2D eigenvalue weighted by atomic mass is 9.92. The van der Waals surface area contributed by atoms with E-state index in [1.54, 1.807) is 34.6 Å². The first-order chi connectivity index (χ1) is 25.8. The van der Waals surface area contributed by atoms with Crippen LogP contribution < -0.4 is 21.3 Å². The van der Waals surface area contributed by atoms with E-state index >= 15 is 0 Å². The van der Waals surface area contributed by atoms with Crippen molar-refractivity contribution in [1.29, 1.82) is 0 Å². The Labute approximate surface area is 317 Å². The highest BCUT2D eigenvalue weighted by atomic mass is 16.7. The van der Waals surface area contributed by atoms with Gasteiger partial charge in [0.2, 0.25) is 23.5 Å². The predicted octanol–water partition coefficient (Wildman–Crippen LogP) is 2.33. The first kappa shape index (κ1) is 42.0. The molecule has 1 aliphatic heterocycles. The van der Waals surface area contributed by atoms with Gasteiger partial charge >= 0.3 is 0 Å². The summed E-state index contributed by atoms with van der Waals surface area (Å²) in [6.45, 7) is 11.0. The number of aromatic nitrogens is 2. The molecule has 5 amide bonds. The van der Waals surface area contributed by atoms with Gasteiger partial charge in [0.15, 0.2) is 0 Å². The van der Waals surface area contributed by atoms with Crippen molar-refractivity contribution in [2.75, 3.05) is 20.4 Å². The Morgan fingerprint density at radius 3 is 2.19 bits per heavy atom. The lowest BCUT2D eigenvalue weighted by Crippen LogP contribution is -2.60. The summed E-state index contributed by atoms with van der Waals surface area (Å²) in [7, 11) is 1.52. The number of fused-ring (bicyclic) bond motifs is 1. The summed E-state index contributed by atoms with van der Waals surface area (Å²) < 4.78 is 11.1. The van der Waals surface area contributed by atoms with Crippen molar-refractivity contribution in [3.63, 3.8) is 0 Å². The van der Waals surface area contributed by atoms with Gasteiger partial charge in [-0.3, -0.25) is 33.8 Å². The van der Waals surface area contributed by atoms with Gasteiger partial charge in [-0.05, 0) is 49.5 Å². The Balaban J connectivity index is 1.56. The number of benzene rings is 1. The van der Waals surface area contributed by atoms with E-state index in [9.17, 15) is 28.8 Å². The number of carbonyl (C=O) groups is 6. The third kappa shape index (κ3) is 10.3. The summed E-state index contributed by atoms with van der Waals surface area (Å²) in [5.74, 6) is -5.05. The molecular weight excluding hydrogens is 694 g/mol. The van der Waals surface area contributed by atoms with Crippen molar-refractivity contribution in [2.45, 2.75) is 104 Å². The Bertz CT molecular complexity index is 1610. The molecule has 4 rings (SSSR count). The maximum absolute atomic E-state index is 14.6.